The Morgan fingerprint density at radius 2 is 0.878 bits per heavy atom. The van der Waals surface area contributed by atoms with Crippen LogP contribution in [0.4, 0.5) is 0 Å². The first kappa shape index (κ1) is 26.4. The van der Waals surface area contributed by atoms with Gasteiger partial charge in [-0.2, -0.15) is 0 Å². The largest absolute Gasteiger partial charge is 0.352 e. The lowest BCUT2D eigenvalue weighted by atomic mass is 10.1. The zero-order valence-corrected chi connectivity index (χ0v) is 22.9. The van der Waals surface area contributed by atoms with E-state index < -0.39 is 0 Å². The Morgan fingerprint density at radius 1 is 0.463 bits per heavy atom. The van der Waals surface area contributed by atoms with Gasteiger partial charge >= 0.3 is 0 Å². The standard InChI is InChI=1S/C35H32N4O2/c40-34(26-14-16-32-28(22-26)20-24-10-4-6-12-30(24)38-32)36-18-8-2-1-3-9-19-37-35(41)27-15-17-33-29(23-27)21-25-11-5-7-13-31(25)39-33/h4-7,10-17,20-23H,1-3,8-9,18-19H2,(H,36,40)(H,37,41). The second-order valence-electron chi connectivity index (χ2n) is 10.5. The van der Waals surface area contributed by atoms with E-state index in [9.17, 15) is 9.59 Å². The van der Waals surface area contributed by atoms with Crippen molar-refractivity contribution in [3.05, 3.63) is 108 Å². The average Bonchev–Trinajstić information content (AvgIpc) is 3.01. The Bertz CT molecular complexity index is 1740. The number of rotatable bonds is 10. The molecule has 4 aromatic carbocycles. The zero-order chi connectivity index (χ0) is 28.0. The van der Waals surface area contributed by atoms with Crippen molar-refractivity contribution in [2.45, 2.75) is 32.1 Å². The topological polar surface area (TPSA) is 84.0 Å². The molecule has 204 valence electrons. The molecule has 0 aliphatic rings. The lowest BCUT2D eigenvalue weighted by molar-refractivity contribution is 0.0945. The average molecular weight is 541 g/mol. The van der Waals surface area contributed by atoms with E-state index in [1.54, 1.807) is 0 Å². The summed E-state index contributed by atoms with van der Waals surface area (Å²) in [7, 11) is 0. The van der Waals surface area contributed by atoms with E-state index in [1.165, 1.54) is 0 Å². The summed E-state index contributed by atoms with van der Waals surface area (Å²) in [6, 6.07) is 31.5. The molecule has 0 aliphatic carbocycles. The highest BCUT2D eigenvalue weighted by molar-refractivity contribution is 6.01. The Hall–Kier alpha value is -4.84. The molecule has 0 saturated heterocycles. The Labute approximate surface area is 238 Å². The number of carbonyl (C=O) groups is 2. The van der Waals surface area contributed by atoms with Crippen molar-refractivity contribution in [3.8, 4) is 0 Å². The van der Waals surface area contributed by atoms with Crippen molar-refractivity contribution in [1.29, 1.82) is 0 Å². The molecule has 2 heterocycles. The molecule has 2 N–H and O–H groups in total. The van der Waals surface area contributed by atoms with Gasteiger partial charge in [0, 0.05) is 45.8 Å². The summed E-state index contributed by atoms with van der Waals surface area (Å²) >= 11 is 0. The maximum Gasteiger partial charge on any atom is 0.251 e. The molecule has 41 heavy (non-hydrogen) atoms. The lowest BCUT2D eigenvalue weighted by Gasteiger charge is -2.08. The zero-order valence-electron chi connectivity index (χ0n) is 22.9. The number of pyridine rings is 2. The summed E-state index contributed by atoms with van der Waals surface area (Å²) < 4.78 is 0. The van der Waals surface area contributed by atoms with E-state index in [0.717, 1.165) is 75.7 Å². The Kier molecular flexibility index (Phi) is 7.81. The van der Waals surface area contributed by atoms with E-state index in [0.29, 0.717) is 24.2 Å². The highest BCUT2D eigenvalue weighted by Crippen LogP contribution is 2.22. The maximum atomic E-state index is 12.7. The predicted molar refractivity (Wildman–Crippen MR) is 166 cm³/mol. The number of aromatic nitrogens is 2. The molecule has 2 amide bonds. The fraction of sp³-hybridized carbons (Fsp3) is 0.200. The minimum absolute atomic E-state index is 0.0552. The van der Waals surface area contributed by atoms with Crippen molar-refractivity contribution < 1.29 is 9.59 Å². The summed E-state index contributed by atoms with van der Waals surface area (Å²) in [5.41, 5.74) is 4.99. The van der Waals surface area contributed by atoms with Gasteiger partial charge in [0.15, 0.2) is 0 Å². The van der Waals surface area contributed by atoms with Gasteiger partial charge in [-0.15, -0.1) is 0 Å². The van der Waals surface area contributed by atoms with Crippen LogP contribution in [0.1, 0.15) is 52.8 Å². The number of unbranched alkanes of at least 4 members (excludes halogenated alkanes) is 4. The number of fused-ring (bicyclic) bond motifs is 4. The fourth-order valence-corrected chi connectivity index (χ4v) is 5.23. The van der Waals surface area contributed by atoms with Gasteiger partial charge in [0.1, 0.15) is 0 Å². The van der Waals surface area contributed by atoms with Crippen LogP contribution in [-0.4, -0.2) is 34.9 Å². The Balaban J connectivity index is 0.894. The van der Waals surface area contributed by atoms with Crippen molar-refractivity contribution in [3.63, 3.8) is 0 Å². The Morgan fingerprint density at radius 3 is 1.37 bits per heavy atom. The number of carbonyl (C=O) groups excluding carboxylic acids is 2. The third-order valence-electron chi connectivity index (χ3n) is 7.48. The molecule has 0 saturated carbocycles. The third-order valence-corrected chi connectivity index (χ3v) is 7.48. The molecule has 6 aromatic rings. The minimum atomic E-state index is -0.0552. The van der Waals surface area contributed by atoms with E-state index in [2.05, 4.69) is 32.7 Å². The molecule has 0 unspecified atom stereocenters. The molecular formula is C35H32N4O2. The van der Waals surface area contributed by atoms with Gasteiger partial charge in [0.05, 0.1) is 22.1 Å². The first-order chi connectivity index (χ1) is 20.1. The first-order valence-electron chi connectivity index (χ1n) is 14.3. The number of nitrogens with one attached hydrogen (secondary N) is 2. The van der Waals surface area contributed by atoms with Crippen LogP contribution in [0, 0.1) is 0 Å². The molecule has 0 fully saturated rings. The van der Waals surface area contributed by atoms with E-state index in [-0.39, 0.29) is 11.8 Å². The molecule has 0 radical (unpaired) electrons. The van der Waals surface area contributed by atoms with E-state index in [1.807, 2.05) is 84.9 Å². The number of amides is 2. The van der Waals surface area contributed by atoms with Gasteiger partial charge in [0.2, 0.25) is 0 Å². The summed E-state index contributed by atoms with van der Waals surface area (Å²) in [5, 5.41) is 10.1. The van der Waals surface area contributed by atoms with Crippen LogP contribution in [0.5, 0.6) is 0 Å². The second-order valence-corrected chi connectivity index (χ2v) is 10.5. The molecule has 6 nitrogen and oxygen atoms in total. The van der Waals surface area contributed by atoms with Gasteiger partial charge in [-0.3, -0.25) is 9.59 Å². The minimum Gasteiger partial charge on any atom is -0.352 e. The second kappa shape index (κ2) is 12.1. The molecule has 2 aromatic heterocycles. The van der Waals surface area contributed by atoms with Crippen LogP contribution in [0.15, 0.2) is 97.1 Å². The molecule has 6 heteroatoms. The van der Waals surface area contributed by atoms with Crippen molar-refractivity contribution in [2.24, 2.45) is 0 Å². The van der Waals surface area contributed by atoms with Crippen LogP contribution >= 0.6 is 0 Å². The maximum absolute atomic E-state index is 12.7. The van der Waals surface area contributed by atoms with Crippen LogP contribution in [0.25, 0.3) is 43.6 Å². The monoisotopic (exact) mass is 540 g/mol. The van der Waals surface area contributed by atoms with Crippen LogP contribution in [0.2, 0.25) is 0 Å². The highest BCUT2D eigenvalue weighted by Gasteiger charge is 2.09. The molecule has 0 spiro atoms. The smallest absolute Gasteiger partial charge is 0.251 e. The summed E-state index contributed by atoms with van der Waals surface area (Å²) in [5.74, 6) is -0.110. The molecule has 6 rings (SSSR count). The van der Waals surface area contributed by atoms with Crippen LogP contribution < -0.4 is 10.6 Å². The summed E-state index contributed by atoms with van der Waals surface area (Å²) in [4.78, 5) is 34.7. The van der Waals surface area contributed by atoms with Gasteiger partial charge < -0.3 is 10.6 Å². The quantitative estimate of drug-likeness (QED) is 0.142. The number of hydrogen-bond donors (Lipinski definition) is 2. The number of benzene rings is 4. The molecule has 0 bridgehead atoms. The third kappa shape index (κ3) is 6.17. The molecule has 0 aliphatic heterocycles. The fourth-order valence-electron chi connectivity index (χ4n) is 5.23. The van der Waals surface area contributed by atoms with Crippen molar-refractivity contribution in [2.75, 3.05) is 13.1 Å². The van der Waals surface area contributed by atoms with Gasteiger partial charge in [-0.05, 0) is 73.5 Å². The number of para-hydroxylation sites is 2. The SMILES string of the molecule is O=C(NCCCCCCCNC(=O)c1ccc2nc3ccccc3cc2c1)c1ccc2nc3ccccc3cc2c1. The highest BCUT2D eigenvalue weighted by atomic mass is 16.2. The van der Waals surface area contributed by atoms with E-state index >= 15 is 0 Å². The first-order valence-corrected chi connectivity index (χ1v) is 14.3. The van der Waals surface area contributed by atoms with E-state index in [4.69, 9.17) is 0 Å². The van der Waals surface area contributed by atoms with Crippen molar-refractivity contribution in [1.82, 2.24) is 20.6 Å². The van der Waals surface area contributed by atoms with Crippen molar-refractivity contribution >= 4 is 55.4 Å². The van der Waals surface area contributed by atoms with Gasteiger partial charge in [-0.25, -0.2) is 9.97 Å². The molecular weight excluding hydrogens is 508 g/mol. The van der Waals surface area contributed by atoms with Gasteiger partial charge in [0.25, 0.3) is 11.8 Å². The van der Waals surface area contributed by atoms with Gasteiger partial charge in [-0.1, -0.05) is 55.7 Å². The number of hydrogen-bond acceptors (Lipinski definition) is 4. The van der Waals surface area contributed by atoms with Crippen LogP contribution in [-0.2, 0) is 0 Å². The predicted octanol–water partition coefficient (Wildman–Crippen LogP) is 7.20. The lowest BCUT2D eigenvalue weighted by Crippen LogP contribution is -2.24. The summed E-state index contributed by atoms with van der Waals surface area (Å²) in [6.07, 6.45) is 4.99. The number of nitrogens with zero attached hydrogens (tertiary/aromatic N) is 2. The summed E-state index contributed by atoms with van der Waals surface area (Å²) in [6.45, 7) is 1.30. The van der Waals surface area contributed by atoms with Crippen LogP contribution in [0.3, 0.4) is 0 Å². The normalized spacial score (nSPS) is 11.3. The molecule has 0 atom stereocenters.